The van der Waals surface area contributed by atoms with Crippen LogP contribution in [0.25, 0.3) is 0 Å². The van der Waals surface area contributed by atoms with E-state index in [0.717, 1.165) is 6.42 Å². The molecule has 0 unspecified atom stereocenters. The van der Waals surface area contributed by atoms with Crippen molar-refractivity contribution in [3.8, 4) is 0 Å². The number of nitrogens with two attached hydrogens (primary N) is 2. The van der Waals surface area contributed by atoms with Crippen LogP contribution in [0.15, 0.2) is 30.3 Å². The molecule has 0 saturated heterocycles. The lowest BCUT2D eigenvalue weighted by Gasteiger charge is -2.11. The van der Waals surface area contributed by atoms with Crippen LogP contribution < -0.4 is 16.8 Å². The first-order chi connectivity index (χ1) is 7.74. The molecule has 0 heterocycles. The van der Waals surface area contributed by atoms with E-state index in [1.54, 1.807) is 0 Å². The van der Waals surface area contributed by atoms with Crippen LogP contribution in [-0.2, 0) is 11.2 Å². The summed E-state index contributed by atoms with van der Waals surface area (Å²) in [6.45, 7) is 0.926. The van der Waals surface area contributed by atoms with Gasteiger partial charge in [0, 0.05) is 13.1 Å². The second-order valence-electron chi connectivity index (χ2n) is 3.71. The van der Waals surface area contributed by atoms with E-state index in [4.69, 9.17) is 11.5 Å². The Balaban J connectivity index is 2.29. The summed E-state index contributed by atoms with van der Waals surface area (Å²) in [5.41, 5.74) is 12.2. The molecule has 0 saturated carbocycles. The Morgan fingerprint density at radius 1 is 1.31 bits per heavy atom. The van der Waals surface area contributed by atoms with E-state index in [9.17, 15) is 4.79 Å². The van der Waals surface area contributed by atoms with E-state index in [1.807, 2.05) is 30.3 Å². The lowest BCUT2D eigenvalue weighted by Crippen LogP contribution is -2.42. The average Bonchev–Trinajstić information content (AvgIpc) is 2.34. The number of aryl methyl sites for hydroxylation is 1. The van der Waals surface area contributed by atoms with Crippen molar-refractivity contribution in [3.63, 3.8) is 0 Å². The molecule has 5 N–H and O–H groups in total. The zero-order chi connectivity index (χ0) is 11.8. The summed E-state index contributed by atoms with van der Waals surface area (Å²) in [4.78, 5) is 11.4. The largest absolute Gasteiger partial charge is 0.353 e. The zero-order valence-corrected chi connectivity index (χ0v) is 9.36. The molecular formula is C12H19N3O. The van der Waals surface area contributed by atoms with E-state index < -0.39 is 6.04 Å². The molecule has 1 aromatic rings. The average molecular weight is 221 g/mol. The van der Waals surface area contributed by atoms with E-state index in [1.165, 1.54) is 5.56 Å². The zero-order valence-electron chi connectivity index (χ0n) is 9.36. The van der Waals surface area contributed by atoms with Crippen LogP contribution >= 0.6 is 0 Å². The van der Waals surface area contributed by atoms with Gasteiger partial charge in [0.15, 0.2) is 0 Å². The third kappa shape index (κ3) is 4.42. The quantitative estimate of drug-likeness (QED) is 0.633. The second-order valence-corrected chi connectivity index (χ2v) is 3.71. The van der Waals surface area contributed by atoms with Crippen LogP contribution in [0.2, 0.25) is 0 Å². The van der Waals surface area contributed by atoms with Crippen molar-refractivity contribution in [2.75, 3.05) is 13.1 Å². The molecule has 0 aliphatic rings. The highest BCUT2D eigenvalue weighted by atomic mass is 16.2. The molecule has 0 bridgehead atoms. The third-order valence-electron chi connectivity index (χ3n) is 2.37. The van der Waals surface area contributed by atoms with Crippen molar-refractivity contribution in [3.05, 3.63) is 35.9 Å². The summed E-state index contributed by atoms with van der Waals surface area (Å²) in [6, 6.07) is 9.55. The normalized spacial score (nSPS) is 12.1. The first kappa shape index (κ1) is 12.7. The van der Waals surface area contributed by atoms with Crippen molar-refractivity contribution < 1.29 is 4.79 Å². The molecule has 0 aliphatic heterocycles. The van der Waals surface area contributed by atoms with E-state index in [2.05, 4.69) is 5.32 Å². The fourth-order valence-corrected chi connectivity index (χ4v) is 1.42. The van der Waals surface area contributed by atoms with E-state index >= 15 is 0 Å². The lowest BCUT2D eigenvalue weighted by atomic mass is 10.1. The molecule has 4 nitrogen and oxygen atoms in total. The summed E-state index contributed by atoms with van der Waals surface area (Å²) in [6.07, 6.45) is 1.47. The number of carbonyl (C=O) groups is 1. The summed E-state index contributed by atoms with van der Waals surface area (Å²) in [5.74, 6) is -0.124. The molecular weight excluding hydrogens is 202 g/mol. The van der Waals surface area contributed by atoms with Crippen molar-refractivity contribution in [2.24, 2.45) is 11.5 Å². The molecule has 0 aliphatic carbocycles. The minimum absolute atomic E-state index is 0.124. The molecule has 1 amide bonds. The maximum absolute atomic E-state index is 11.4. The number of carbonyl (C=O) groups excluding carboxylic acids is 1. The monoisotopic (exact) mass is 221 g/mol. The lowest BCUT2D eigenvalue weighted by molar-refractivity contribution is -0.122. The van der Waals surface area contributed by atoms with Crippen LogP contribution in [0.1, 0.15) is 12.0 Å². The summed E-state index contributed by atoms with van der Waals surface area (Å²) in [5, 5.41) is 2.68. The van der Waals surface area contributed by atoms with Gasteiger partial charge in [-0.15, -0.1) is 0 Å². The minimum Gasteiger partial charge on any atom is -0.353 e. The van der Waals surface area contributed by atoms with Crippen molar-refractivity contribution in [1.82, 2.24) is 5.32 Å². The van der Waals surface area contributed by atoms with Gasteiger partial charge in [-0.1, -0.05) is 30.3 Å². The van der Waals surface area contributed by atoms with Gasteiger partial charge in [0.05, 0.1) is 6.04 Å². The molecule has 0 radical (unpaired) electrons. The highest BCUT2D eigenvalue weighted by molar-refractivity contribution is 5.81. The molecule has 0 fully saturated rings. The Hall–Kier alpha value is -1.39. The Kier molecular flexibility index (Phi) is 5.53. The van der Waals surface area contributed by atoms with Crippen molar-refractivity contribution in [1.29, 1.82) is 0 Å². The summed E-state index contributed by atoms with van der Waals surface area (Å²) >= 11 is 0. The second kappa shape index (κ2) is 6.98. The van der Waals surface area contributed by atoms with Gasteiger partial charge >= 0.3 is 0 Å². The highest BCUT2D eigenvalue weighted by Crippen LogP contribution is 2.03. The maximum atomic E-state index is 11.4. The molecule has 1 rings (SSSR count). The van der Waals surface area contributed by atoms with Crippen molar-refractivity contribution in [2.45, 2.75) is 18.9 Å². The molecule has 1 atom stereocenters. The topological polar surface area (TPSA) is 81.1 Å². The number of hydrogen-bond donors (Lipinski definition) is 3. The van der Waals surface area contributed by atoms with Crippen LogP contribution in [-0.4, -0.2) is 25.0 Å². The maximum Gasteiger partial charge on any atom is 0.236 e. The van der Waals surface area contributed by atoms with Gasteiger partial charge in [0.25, 0.3) is 0 Å². The van der Waals surface area contributed by atoms with Crippen LogP contribution in [0.4, 0.5) is 0 Å². The van der Waals surface area contributed by atoms with E-state index in [0.29, 0.717) is 19.5 Å². The summed E-state index contributed by atoms with van der Waals surface area (Å²) in [7, 11) is 0. The van der Waals surface area contributed by atoms with Crippen LogP contribution in [0, 0.1) is 0 Å². The fraction of sp³-hybridized carbons (Fsp3) is 0.417. The minimum atomic E-state index is -0.452. The molecule has 1 aromatic carbocycles. The molecule has 0 aromatic heterocycles. The number of amides is 1. The Labute approximate surface area is 96.0 Å². The molecule has 88 valence electrons. The van der Waals surface area contributed by atoms with Gasteiger partial charge in [0.2, 0.25) is 5.91 Å². The predicted octanol–water partition coefficient (Wildman–Crippen LogP) is 0.0214. The number of hydrogen-bond acceptors (Lipinski definition) is 3. The van der Waals surface area contributed by atoms with Crippen LogP contribution in [0.5, 0.6) is 0 Å². The number of rotatable bonds is 6. The third-order valence-corrected chi connectivity index (χ3v) is 2.37. The fourth-order valence-electron chi connectivity index (χ4n) is 1.42. The standard InChI is InChI=1S/C12H19N3O/c13-8-9-15-12(16)11(14)7-6-10-4-2-1-3-5-10/h1-5,11H,6-9,13-14H2,(H,15,16)/t11-/m0/s1. The van der Waals surface area contributed by atoms with Gasteiger partial charge < -0.3 is 16.8 Å². The first-order valence-electron chi connectivity index (χ1n) is 5.51. The molecule has 4 heteroatoms. The summed E-state index contributed by atoms with van der Waals surface area (Å²) < 4.78 is 0. The smallest absolute Gasteiger partial charge is 0.236 e. The predicted molar refractivity (Wildman–Crippen MR) is 64.8 cm³/mol. The number of benzene rings is 1. The number of nitrogens with one attached hydrogen (secondary N) is 1. The van der Waals surface area contributed by atoms with Gasteiger partial charge in [-0.2, -0.15) is 0 Å². The van der Waals surface area contributed by atoms with Gasteiger partial charge in [0.1, 0.15) is 0 Å². The Morgan fingerprint density at radius 2 is 2.00 bits per heavy atom. The van der Waals surface area contributed by atoms with Crippen LogP contribution in [0.3, 0.4) is 0 Å². The first-order valence-corrected chi connectivity index (χ1v) is 5.51. The Bertz CT molecular complexity index is 313. The van der Waals surface area contributed by atoms with Gasteiger partial charge in [-0.05, 0) is 18.4 Å². The Morgan fingerprint density at radius 3 is 2.62 bits per heavy atom. The molecule has 16 heavy (non-hydrogen) atoms. The van der Waals surface area contributed by atoms with E-state index in [-0.39, 0.29) is 5.91 Å². The SMILES string of the molecule is NCCNC(=O)[C@@H](N)CCc1ccccc1. The van der Waals surface area contributed by atoms with Crippen molar-refractivity contribution >= 4 is 5.91 Å². The van der Waals surface area contributed by atoms with Gasteiger partial charge in [-0.25, -0.2) is 0 Å². The molecule has 0 spiro atoms. The highest BCUT2D eigenvalue weighted by Gasteiger charge is 2.11. The van der Waals surface area contributed by atoms with Gasteiger partial charge in [-0.3, -0.25) is 4.79 Å².